The van der Waals surface area contributed by atoms with E-state index in [9.17, 15) is 8.42 Å². The summed E-state index contributed by atoms with van der Waals surface area (Å²) in [5, 5.41) is 0. The summed E-state index contributed by atoms with van der Waals surface area (Å²) in [5.74, 6) is 0.741. The predicted molar refractivity (Wildman–Crippen MR) is 60.3 cm³/mol. The normalized spacial score (nSPS) is 11.4. The van der Waals surface area contributed by atoms with Gasteiger partial charge in [0.1, 0.15) is 12.4 Å². The van der Waals surface area contributed by atoms with Crippen molar-refractivity contribution in [1.29, 1.82) is 0 Å². The molecule has 0 heterocycles. The standard InChI is InChI=1S/C10H14O6S/c11-17(12,13)16-9-7-14-6-8-15-10-4-2-1-3-5-10/h1-5H,6-9H2,(H,11,12,13). The molecule has 96 valence electrons. The highest BCUT2D eigenvalue weighted by atomic mass is 32.3. The van der Waals surface area contributed by atoms with Crippen LogP contribution in [-0.4, -0.2) is 39.4 Å². The predicted octanol–water partition coefficient (Wildman–Crippen LogP) is 0.901. The number of benzene rings is 1. The van der Waals surface area contributed by atoms with Crippen molar-refractivity contribution in [3.63, 3.8) is 0 Å². The molecule has 1 N–H and O–H groups in total. The molecule has 0 atom stereocenters. The van der Waals surface area contributed by atoms with E-state index in [1.165, 1.54) is 0 Å². The Morgan fingerprint density at radius 3 is 2.29 bits per heavy atom. The van der Waals surface area contributed by atoms with E-state index in [0.29, 0.717) is 13.2 Å². The van der Waals surface area contributed by atoms with Crippen LogP contribution in [-0.2, 0) is 19.3 Å². The zero-order valence-electron chi connectivity index (χ0n) is 9.11. The molecule has 7 heteroatoms. The number of hydrogen-bond acceptors (Lipinski definition) is 5. The molecular weight excluding hydrogens is 248 g/mol. The van der Waals surface area contributed by atoms with Gasteiger partial charge in [0, 0.05) is 0 Å². The van der Waals surface area contributed by atoms with Crippen molar-refractivity contribution in [3.05, 3.63) is 30.3 Å². The van der Waals surface area contributed by atoms with Crippen LogP contribution < -0.4 is 4.74 Å². The molecule has 17 heavy (non-hydrogen) atoms. The SMILES string of the molecule is O=S(=O)(O)OCCOCCOc1ccccc1. The molecule has 0 saturated heterocycles. The molecular formula is C10H14O6S. The average Bonchev–Trinajstić information content (AvgIpc) is 2.28. The third kappa shape index (κ3) is 7.70. The third-order valence-corrected chi connectivity index (χ3v) is 2.16. The first-order valence-electron chi connectivity index (χ1n) is 4.95. The van der Waals surface area contributed by atoms with Crippen LogP contribution in [0.25, 0.3) is 0 Å². The van der Waals surface area contributed by atoms with Gasteiger partial charge in [-0.25, -0.2) is 4.18 Å². The quantitative estimate of drug-likeness (QED) is 0.553. The van der Waals surface area contributed by atoms with Crippen molar-refractivity contribution in [2.75, 3.05) is 26.4 Å². The highest BCUT2D eigenvalue weighted by Crippen LogP contribution is 2.07. The van der Waals surface area contributed by atoms with Crippen molar-refractivity contribution >= 4 is 10.4 Å². The van der Waals surface area contributed by atoms with Crippen molar-refractivity contribution in [1.82, 2.24) is 0 Å². The largest absolute Gasteiger partial charge is 0.491 e. The molecule has 0 amide bonds. The summed E-state index contributed by atoms with van der Waals surface area (Å²) in [6, 6.07) is 9.24. The first kappa shape index (κ1) is 13.9. The number of para-hydroxylation sites is 1. The summed E-state index contributed by atoms with van der Waals surface area (Å²) >= 11 is 0. The molecule has 0 aromatic heterocycles. The van der Waals surface area contributed by atoms with Gasteiger partial charge >= 0.3 is 10.4 Å². The lowest BCUT2D eigenvalue weighted by molar-refractivity contribution is 0.0748. The molecule has 0 radical (unpaired) electrons. The van der Waals surface area contributed by atoms with E-state index in [1.807, 2.05) is 30.3 Å². The summed E-state index contributed by atoms with van der Waals surface area (Å²) in [6.45, 7) is 0.516. The molecule has 0 fully saturated rings. The lowest BCUT2D eigenvalue weighted by atomic mass is 10.3. The van der Waals surface area contributed by atoms with E-state index in [-0.39, 0.29) is 13.2 Å². The Morgan fingerprint density at radius 1 is 1.00 bits per heavy atom. The highest BCUT2D eigenvalue weighted by Gasteiger charge is 2.02. The summed E-state index contributed by atoms with van der Waals surface area (Å²) in [4.78, 5) is 0. The molecule has 0 aliphatic heterocycles. The first-order valence-corrected chi connectivity index (χ1v) is 6.32. The monoisotopic (exact) mass is 262 g/mol. The van der Waals surface area contributed by atoms with E-state index >= 15 is 0 Å². The molecule has 0 saturated carbocycles. The van der Waals surface area contributed by atoms with Gasteiger partial charge in [-0.2, -0.15) is 8.42 Å². The van der Waals surface area contributed by atoms with Crippen LogP contribution in [0.3, 0.4) is 0 Å². The van der Waals surface area contributed by atoms with Gasteiger partial charge in [0.2, 0.25) is 0 Å². The zero-order valence-corrected chi connectivity index (χ0v) is 9.93. The Morgan fingerprint density at radius 2 is 1.65 bits per heavy atom. The van der Waals surface area contributed by atoms with Crippen LogP contribution in [0.15, 0.2) is 30.3 Å². The fraction of sp³-hybridized carbons (Fsp3) is 0.400. The second kappa shape index (κ2) is 7.23. The lowest BCUT2D eigenvalue weighted by Gasteiger charge is -2.06. The van der Waals surface area contributed by atoms with Crippen LogP contribution in [0.2, 0.25) is 0 Å². The van der Waals surface area contributed by atoms with Gasteiger partial charge in [-0.1, -0.05) is 18.2 Å². The maximum Gasteiger partial charge on any atom is 0.397 e. The Balaban J connectivity index is 1.99. The van der Waals surface area contributed by atoms with Gasteiger partial charge in [0.05, 0.1) is 19.8 Å². The van der Waals surface area contributed by atoms with Gasteiger partial charge in [-0.05, 0) is 12.1 Å². The van der Waals surface area contributed by atoms with E-state index in [4.69, 9.17) is 14.0 Å². The molecule has 0 spiro atoms. The van der Waals surface area contributed by atoms with Gasteiger partial charge in [-0.3, -0.25) is 4.55 Å². The van der Waals surface area contributed by atoms with E-state index in [1.54, 1.807) is 0 Å². The van der Waals surface area contributed by atoms with Crippen LogP contribution in [0.1, 0.15) is 0 Å². The Labute approximate surface area is 100 Å². The van der Waals surface area contributed by atoms with E-state index < -0.39 is 10.4 Å². The minimum absolute atomic E-state index is 0.0674. The molecule has 6 nitrogen and oxygen atoms in total. The van der Waals surface area contributed by atoms with Crippen LogP contribution in [0.5, 0.6) is 5.75 Å². The maximum absolute atomic E-state index is 10.2. The Hall–Kier alpha value is -1.15. The highest BCUT2D eigenvalue weighted by molar-refractivity contribution is 7.80. The first-order chi connectivity index (χ1) is 8.08. The maximum atomic E-state index is 10.2. The number of rotatable bonds is 8. The van der Waals surface area contributed by atoms with Gasteiger partial charge < -0.3 is 9.47 Å². The lowest BCUT2D eigenvalue weighted by Crippen LogP contribution is -2.13. The number of hydrogen-bond donors (Lipinski definition) is 1. The fourth-order valence-electron chi connectivity index (χ4n) is 1.04. The fourth-order valence-corrected chi connectivity index (χ4v) is 1.31. The van der Waals surface area contributed by atoms with Crippen molar-refractivity contribution < 1.29 is 26.6 Å². The van der Waals surface area contributed by atoms with Crippen molar-refractivity contribution in [2.24, 2.45) is 0 Å². The second-order valence-corrected chi connectivity index (χ2v) is 4.11. The third-order valence-electron chi connectivity index (χ3n) is 1.70. The molecule has 0 aliphatic rings. The Kier molecular flexibility index (Phi) is 5.92. The van der Waals surface area contributed by atoms with Gasteiger partial charge in [0.25, 0.3) is 0 Å². The molecule has 1 aromatic rings. The average molecular weight is 262 g/mol. The smallest absolute Gasteiger partial charge is 0.397 e. The number of ether oxygens (including phenoxy) is 2. The summed E-state index contributed by atoms with van der Waals surface area (Å²) in [6.07, 6.45) is 0. The topological polar surface area (TPSA) is 82.1 Å². The molecule has 0 bridgehead atoms. The van der Waals surface area contributed by atoms with E-state index in [2.05, 4.69) is 4.18 Å². The van der Waals surface area contributed by atoms with Crippen LogP contribution >= 0.6 is 0 Å². The van der Waals surface area contributed by atoms with Crippen molar-refractivity contribution in [2.45, 2.75) is 0 Å². The zero-order chi connectivity index (χ0) is 12.6. The van der Waals surface area contributed by atoms with Crippen LogP contribution in [0.4, 0.5) is 0 Å². The van der Waals surface area contributed by atoms with Crippen LogP contribution in [0, 0.1) is 0 Å². The minimum atomic E-state index is -4.37. The van der Waals surface area contributed by atoms with Gasteiger partial charge in [-0.15, -0.1) is 0 Å². The molecule has 1 aromatic carbocycles. The summed E-state index contributed by atoms with van der Waals surface area (Å²) in [5.41, 5.74) is 0. The second-order valence-electron chi connectivity index (χ2n) is 3.02. The van der Waals surface area contributed by atoms with Crippen molar-refractivity contribution in [3.8, 4) is 5.75 Å². The molecule has 0 unspecified atom stereocenters. The van der Waals surface area contributed by atoms with Gasteiger partial charge in [0.15, 0.2) is 0 Å². The van der Waals surface area contributed by atoms with E-state index in [0.717, 1.165) is 5.75 Å². The molecule has 1 rings (SSSR count). The Bertz CT molecular complexity index is 402. The molecule has 0 aliphatic carbocycles. The minimum Gasteiger partial charge on any atom is -0.491 e. The summed E-state index contributed by atoms with van der Waals surface area (Å²) in [7, 11) is -4.37. The summed E-state index contributed by atoms with van der Waals surface area (Å²) < 4.78 is 43.0.